The molecule has 1 saturated carbocycles. The first kappa shape index (κ1) is 12.2. The van der Waals surface area contributed by atoms with Crippen LogP contribution in [-0.4, -0.2) is 17.3 Å². The highest BCUT2D eigenvalue weighted by atomic mass is 16.3. The minimum absolute atomic E-state index is 0.167. The highest BCUT2D eigenvalue weighted by Gasteiger charge is 2.31. The van der Waals surface area contributed by atoms with Crippen molar-refractivity contribution in [3.63, 3.8) is 0 Å². The molecule has 0 unspecified atom stereocenters. The zero-order valence-corrected chi connectivity index (χ0v) is 10.5. The van der Waals surface area contributed by atoms with Gasteiger partial charge in [-0.15, -0.1) is 0 Å². The summed E-state index contributed by atoms with van der Waals surface area (Å²) in [6.45, 7) is 2.19. The summed E-state index contributed by atoms with van der Waals surface area (Å²) in [5, 5.41) is 13.1. The van der Waals surface area contributed by atoms with Crippen LogP contribution >= 0.6 is 0 Å². The summed E-state index contributed by atoms with van der Waals surface area (Å²) in [4.78, 5) is 0. The topological polar surface area (TPSA) is 58.3 Å². The predicted octanol–water partition coefficient (Wildman–Crippen LogP) is 2.68. The minimum Gasteiger partial charge on any atom is -0.397 e. The molecule has 0 aromatic heterocycles. The molecule has 0 heterocycles. The van der Waals surface area contributed by atoms with Gasteiger partial charge in [-0.25, -0.2) is 0 Å². The van der Waals surface area contributed by atoms with E-state index in [-0.39, 0.29) is 12.1 Å². The second-order valence-corrected chi connectivity index (χ2v) is 5.16. The van der Waals surface area contributed by atoms with Crippen LogP contribution in [0.5, 0.6) is 0 Å². The van der Waals surface area contributed by atoms with Gasteiger partial charge in [-0.3, -0.25) is 0 Å². The number of nitrogens with one attached hydrogen (secondary N) is 1. The van der Waals surface area contributed by atoms with Crippen LogP contribution in [0.2, 0.25) is 0 Å². The second-order valence-electron chi connectivity index (χ2n) is 5.16. The molecule has 1 aliphatic rings. The fourth-order valence-electron chi connectivity index (χ4n) is 2.63. The quantitative estimate of drug-likeness (QED) is 0.705. The van der Waals surface area contributed by atoms with Gasteiger partial charge in [0, 0.05) is 0 Å². The largest absolute Gasteiger partial charge is 0.397 e. The van der Waals surface area contributed by atoms with Crippen LogP contribution in [0.4, 0.5) is 11.4 Å². The predicted molar refractivity (Wildman–Crippen MR) is 72.1 cm³/mol. The molecule has 1 aromatic carbocycles. The van der Waals surface area contributed by atoms with E-state index in [1.54, 1.807) is 0 Å². The van der Waals surface area contributed by atoms with Crippen molar-refractivity contribution in [3.05, 3.63) is 23.8 Å². The molecule has 0 radical (unpaired) electrons. The number of nitrogens with two attached hydrogens (primary N) is 1. The van der Waals surface area contributed by atoms with Crippen molar-refractivity contribution in [2.75, 3.05) is 17.7 Å². The van der Waals surface area contributed by atoms with Crippen LogP contribution in [0.1, 0.15) is 37.7 Å². The van der Waals surface area contributed by atoms with E-state index >= 15 is 0 Å². The number of benzene rings is 1. The van der Waals surface area contributed by atoms with Gasteiger partial charge in [-0.2, -0.15) is 0 Å². The summed E-state index contributed by atoms with van der Waals surface area (Å²) >= 11 is 0. The summed E-state index contributed by atoms with van der Waals surface area (Å²) in [6, 6.07) is 6.00. The van der Waals surface area contributed by atoms with E-state index in [9.17, 15) is 5.11 Å². The first-order valence-corrected chi connectivity index (χ1v) is 6.41. The molecular weight excluding hydrogens is 212 g/mol. The van der Waals surface area contributed by atoms with Gasteiger partial charge in [-0.05, 0) is 31.4 Å². The number of para-hydroxylation sites is 1. The summed E-state index contributed by atoms with van der Waals surface area (Å²) in [7, 11) is 0. The summed E-state index contributed by atoms with van der Waals surface area (Å²) < 4.78 is 0. The van der Waals surface area contributed by atoms with Crippen LogP contribution in [0, 0.1) is 6.92 Å². The molecule has 3 nitrogen and oxygen atoms in total. The zero-order valence-electron chi connectivity index (χ0n) is 10.5. The lowest BCUT2D eigenvalue weighted by atomic mass is 9.82. The molecule has 0 atom stereocenters. The molecule has 4 N–H and O–H groups in total. The average molecular weight is 234 g/mol. The lowest BCUT2D eigenvalue weighted by Crippen LogP contribution is -2.44. The van der Waals surface area contributed by atoms with Crippen molar-refractivity contribution in [3.8, 4) is 0 Å². The second kappa shape index (κ2) is 4.96. The number of hydrogen-bond donors (Lipinski definition) is 3. The maximum Gasteiger partial charge on any atom is 0.0661 e. The Morgan fingerprint density at radius 3 is 2.65 bits per heavy atom. The van der Waals surface area contributed by atoms with Crippen LogP contribution in [0.3, 0.4) is 0 Å². The van der Waals surface area contributed by atoms with Crippen LogP contribution in [0.15, 0.2) is 18.2 Å². The molecule has 94 valence electrons. The fourth-order valence-corrected chi connectivity index (χ4v) is 2.63. The van der Waals surface area contributed by atoms with Gasteiger partial charge in [0.25, 0.3) is 0 Å². The van der Waals surface area contributed by atoms with Gasteiger partial charge in [-0.1, -0.05) is 31.4 Å². The van der Waals surface area contributed by atoms with Crippen LogP contribution in [0.25, 0.3) is 0 Å². The Kier molecular flexibility index (Phi) is 3.57. The van der Waals surface area contributed by atoms with Gasteiger partial charge in [0.15, 0.2) is 0 Å². The molecular formula is C14H22N2O. The lowest BCUT2D eigenvalue weighted by Gasteiger charge is -2.37. The van der Waals surface area contributed by atoms with E-state index in [0.29, 0.717) is 0 Å². The maximum absolute atomic E-state index is 9.66. The number of rotatable bonds is 3. The van der Waals surface area contributed by atoms with E-state index in [0.717, 1.165) is 29.8 Å². The third-order valence-corrected chi connectivity index (χ3v) is 3.84. The van der Waals surface area contributed by atoms with E-state index in [1.165, 1.54) is 19.3 Å². The molecule has 1 fully saturated rings. The van der Waals surface area contributed by atoms with Gasteiger partial charge in [0.2, 0.25) is 0 Å². The van der Waals surface area contributed by atoms with Crippen molar-refractivity contribution in [2.24, 2.45) is 0 Å². The molecule has 2 rings (SSSR count). The standard InChI is InChI=1S/C14H22N2O/c1-11-6-5-7-12(13(11)15)16-14(10-17)8-3-2-4-9-14/h5-7,16-17H,2-4,8-10,15H2,1H3. The molecule has 0 aliphatic heterocycles. The Bertz CT molecular complexity index is 384. The van der Waals surface area contributed by atoms with Crippen molar-refractivity contribution in [1.29, 1.82) is 0 Å². The van der Waals surface area contributed by atoms with Crippen LogP contribution < -0.4 is 11.1 Å². The summed E-state index contributed by atoms with van der Waals surface area (Å²) in [6.07, 6.45) is 5.68. The minimum atomic E-state index is -0.167. The Balaban J connectivity index is 2.20. The van der Waals surface area contributed by atoms with E-state index in [4.69, 9.17) is 5.73 Å². The van der Waals surface area contributed by atoms with Crippen molar-refractivity contribution >= 4 is 11.4 Å². The Morgan fingerprint density at radius 1 is 1.29 bits per heavy atom. The van der Waals surface area contributed by atoms with Gasteiger partial charge in [0.1, 0.15) is 0 Å². The number of nitrogen functional groups attached to an aromatic ring is 1. The van der Waals surface area contributed by atoms with Gasteiger partial charge >= 0.3 is 0 Å². The highest BCUT2D eigenvalue weighted by Crippen LogP contribution is 2.33. The SMILES string of the molecule is Cc1cccc(NC2(CO)CCCCC2)c1N. The zero-order chi connectivity index (χ0) is 12.3. The lowest BCUT2D eigenvalue weighted by molar-refractivity contribution is 0.173. The van der Waals surface area contributed by atoms with Crippen molar-refractivity contribution < 1.29 is 5.11 Å². The molecule has 0 spiro atoms. The van der Waals surface area contributed by atoms with Crippen molar-refractivity contribution in [1.82, 2.24) is 0 Å². The Labute approximate surface area is 103 Å². The van der Waals surface area contributed by atoms with E-state index < -0.39 is 0 Å². The normalized spacial score (nSPS) is 18.9. The van der Waals surface area contributed by atoms with Gasteiger partial charge < -0.3 is 16.2 Å². The molecule has 3 heteroatoms. The average Bonchev–Trinajstić information content (AvgIpc) is 2.36. The molecule has 17 heavy (non-hydrogen) atoms. The van der Waals surface area contributed by atoms with E-state index in [2.05, 4.69) is 5.32 Å². The number of hydrogen-bond acceptors (Lipinski definition) is 3. The maximum atomic E-state index is 9.66. The molecule has 1 aromatic rings. The van der Waals surface area contributed by atoms with E-state index in [1.807, 2.05) is 25.1 Å². The molecule has 0 saturated heterocycles. The number of aliphatic hydroxyl groups is 1. The molecule has 1 aliphatic carbocycles. The first-order chi connectivity index (χ1) is 8.17. The third kappa shape index (κ3) is 2.55. The highest BCUT2D eigenvalue weighted by molar-refractivity contribution is 5.70. The van der Waals surface area contributed by atoms with Crippen molar-refractivity contribution in [2.45, 2.75) is 44.6 Å². The third-order valence-electron chi connectivity index (χ3n) is 3.84. The Morgan fingerprint density at radius 2 is 2.00 bits per heavy atom. The van der Waals surface area contributed by atoms with Crippen LogP contribution in [-0.2, 0) is 0 Å². The molecule has 0 bridgehead atoms. The monoisotopic (exact) mass is 234 g/mol. The Hall–Kier alpha value is -1.22. The smallest absolute Gasteiger partial charge is 0.0661 e. The summed E-state index contributed by atoms with van der Waals surface area (Å²) in [5.41, 5.74) is 8.74. The fraction of sp³-hybridized carbons (Fsp3) is 0.571. The van der Waals surface area contributed by atoms with Gasteiger partial charge in [0.05, 0.1) is 23.5 Å². The first-order valence-electron chi connectivity index (χ1n) is 6.41. The molecule has 0 amide bonds. The number of aryl methyl sites for hydroxylation is 1. The number of aliphatic hydroxyl groups excluding tert-OH is 1. The number of anilines is 2. The summed E-state index contributed by atoms with van der Waals surface area (Å²) in [5.74, 6) is 0.